The van der Waals surface area contributed by atoms with Gasteiger partial charge in [-0.05, 0) is 13.8 Å². The Kier molecular flexibility index (Phi) is 7.66. The van der Waals surface area contributed by atoms with E-state index in [0.29, 0.717) is 12.2 Å². The second-order valence-electron chi connectivity index (χ2n) is 4.24. The molecule has 2 N–H and O–H groups in total. The first-order valence-electron chi connectivity index (χ1n) is 5.78. The van der Waals surface area contributed by atoms with E-state index in [4.69, 9.17) is 9.11 Å². The van der Waals surface area contributed by atoms with Gasteiger partial charge in [0.05, 0.1) is 0 Å². The van der Waals surface area contributed by atoms with Gasteiger partial charge >= 0.3 is 11.9 Å². The lowest BCUT2D eigenvalue weighted by Gasteiger charge is -2.08. The lowest BCUT2D eigenvalue weighted by Crippen LogP contribution is -2.24. The van der Waals surface area contributed by atoms with Crippen LogP contribution in [0.25, 0.3) is 0 Å². The highest BCUT2D eigenvalue weighted by molar-refractivity contribution is 7.86. The fourth-order valence-corrected chi connectivity index (χ4v) is 1.28. The van der Waals surface area contributed by atoms with Crippen molar-refractivity contribution in [2.75, 3.05) is 13.2 Å². The minimum atomic E-state index is -4.34. The van der Waals surface area contributed by atoms with E-state index < -0.39 is 55.9 Å². The molecule has 0 aliphatic carbocycles. The Hall–Kier alpha value is -1.50. The summed E-state index contributed by atoms with van der Waals surface area (Å²) in [7, 11) is -8.67. The third-order valence-corrected chi connectivity index (χ3v) is 4.60. The van der Waals surface area contributed by atoms with Gasteiger partial charge in [0.25, 0.3) is 20.2 Å². The number of esters is 2. The van der Waals surface area contributed by atoms with Gasteiger partial charge in [0, 0.05) is 12.2 Å². The van der Waals surface area contributed by atoms with Crippen molar-refractivity contribution in [1.82, 2.24) is 0 Å². The van der Waals surface area contributed by atoms with Crippen LogP contribution in [0.3, 0.4) is 0 Å². The summed E-state index contributed by atoms with van der Waals surface area (Å²) in [4.78, 5) is 22.3. The van der Waals surface area contributed by atoms with Crippen LogP contribution in [0.1, 0.15) is 13.8 Å². The molecule has 0 bridgehead atoms. The van der Waals surface area contributed by atoms with E-state index in [9.17, 15) is 26.4 Å². The van der Waals surface area contributed by atoms with Gasteiger partial charge in [-0.2, -0.15) is 16.8 Å². The summed E-state index contributed by atoms with van der Waals surface area (Å²) < 4.78 is 68.7. The molecule has 0 spiro atoms. The SMILES string of the molecule is CC(COC(=O)C=CC(=O)OCC(C)S(=O)(=O)O)S(=O)(=O)O. The van der Waals surface area contributed by atoms with Crippen molar-refractivity contribution < 1.29 is 45.0 Å². The van der Waals surface area contributed by atoms with Crippen LogP contribution in [0.4, 0.5) is 0 Å². The van der Waals surface area contributed by atoms with E-state index in [1.54, 1.807) is 0 Å². The topological polar surface area (TPSA) is 161 Å². The Morgan fingerprint density at radius 1 is 0.864 bits per heavy atom. The van der Waals surface area contributed by atoms with E-state index in [1.165, 1.54) is 0 Å². The molecule has 0 heterocycles. The van der Waals surface area contributed by atoms with E-state index >= 15 is 0 Å². The molecule has 0 aromatic rings. The van der Waals surface area contributed by atoms with Gasteiger partial charge in [-0.15, -0.1) is 0 Å². The highest BCUT2D eigenvalue weighted by Crippen LogP contribution is 2.00. The van der Waals surface area contributed by atoms with Crippen LogP contribution in [-0.2, 0) is 39.3 Å². The summed E-state index contributed by atoms with van der Waals surface area (Å²) in [6.07, 6.45) is 1.27. The van der Waals surface area contributed by atoms with Crippen LogP contribution in [0.2, 0.25) is 0 Å². The van der Waals surface area contributed by atoms with Crippen molar-refractivity contribution in [2.24, 2.45) is 0 Å². The van der Waals surface area contributed by atoms with Crippen molar-refractivity contribution in [3.05, 3.63) is 12.2 Å². The molecule has 0 saturated carbocycles. The molecule has 0 fully saturated rings. The first-order chi connectivity index (χ1) is 9.84. The molecule has 0 saturated heterocycles. The number of carbonyl (C=O) groups is 2. The zero-order valence-corrected chi connectivity index (χ0v) is 13.3. The molecule has 2 unspecified atom stereocenters. The molecule has 10 nitrogen and oxygen atoms in total. The fraction of sp³-hybridized carbons (Fsp3) is 0.600. The van der Waals surface area contributed by atoms with Crippen LogP contribution in [0, 0.1) is 0 Å². The number of ether oxygens (including phenoxy) is 2. The normalized spacial score (nSPS) is 15.3. The molecule has 0 amide bonds. The van der Waals surface area contributed by atoms with Gasteiger partial charge in [0.15, 0.2) is 0 Å². The predicted molar refractivity (Wildman–Crippen MR) is 73.1 cm³/mol. The quantitative estimate of drug-likeness (QED) is 0.318. The summed E-state index contributed by atoms with van der Waals surface area (Å²) in [5.74, 6) is -2.12. The van der Waals surface area contributed by atoms with E-state index in [0.717, 1.165) is 13.8 Å². The number of hydrogen-bond acceptors (Lipinski definition) is 8. The molecule has 0 rings (SSSR count). The van der Waals surface area contributed by atoms with Crippen molar-refractivity contribution in [2.45, 2.75) is 24.3 Å². The summed E-state index contributed by atoms with van der Waals surface area (Å²) in [6, 6.07) is 0. The Morgan fingerprint density at radius 3 is 1.36 bits per heavy atom. The Bertz CT molecular complexity index is 575. The van der Waals surface area contributed by atoms with E-state index in [2.05, 4.69) is 9.47 Å². The number of rotatable bonds is 8. The zero-order chi connectivity index (χ0) is 17.6. The minimum absolute atomic E-state index is 0.614. The standard InChI is InChI=1S/C10H16O10S2/c1-7(21(13,14)15)5-19-9(11)3-4-10(12)20-6-8(2)22(16,17)18/h3-4,7-8H,5-6H2,1-2H3,(H,13,14,15)(H,16,17,18). The molecule has 12 heteroatoms. The molecule has 22 heavy (non-hydrogen) atoms. The first kappa shape index (κ1) is 20.5. The van der Waals surface area contributed by atoms with Crippen LogP contribution in [-0.4, -0.2) is 61.6 Å². The van der Waals surface area contributed by atoms with Gasteiger partial charge in [-0.3, -0.25) is 9.11 Å². The van der Waals surface area contributed by atoms with Crippen LogP contribution >= 0.6 is 0 Å². The summed E-state index contributed by atoms with van der Waals surface area (Å²) >= 11 is 0. The average molecular weight is 360 g/mol. The minimum Gasteiger partial charge on any atom is -0.461 e. The maximum Gasteiger partial charge on any atom is 0.331 e. The molecular weight excluding hydrogens is 344 g/mol. The number of carbonyl (C=O) groups excluding carboxylic acids is 2. The summed E-state index contributed by atoms with van der Waals surface area (Å²) in [6.45, 7) is 0.988. The highest BCUT2D eigenvalue weighted by Gasteiger charge is 2.20. The Labute approximate surface area is 127 Å². The van der Waals surface area contributed by atoms with Crippen molar-refractivity contribution >= 4 is 32.2 Å². The van der Waals surface area contributed by atoms with Crippen molar-refractivity contribution in [3.63, 3.8) is 0 Å². The monoisotopic (exact) mass is 360 g/mol. The van der Waals surface area contributed by atoms with Gasteiger partial charge in [0.1, 0.15) is 23.7 Å². The second kappa shape index (κ2) is 8.22. The molecule has 0 radical (unpaired) electrons. The molecule has 0 aliphatic rings. The van der Waals surface area contributed by atoms with Gasteiger partial charge in [-0.25, -0.2) is 9.59 Å². The summed E-state index contributed by atoms with van der Waals surface area (Å²) in [5, 5.41) is -2.65. The molecule has 0 aliphatic heterocycles. The average Bonchev–Trinajstić information content (AvgIpc) is 2.37. The molecule has 2 atom stereocenters. The van der Waals surface area contributed by atoms with E-state index in [1.807, 2.05) is 0 Å². The zero-order valence-electron chi connectivity index (χ0n) is 11.7. The summed E-state index contributed by atoms with van der Waals surface area (Å²) in [5.41, 5.74) is 0. The maximum atomic E-state index is 11.1. The van der Waals surface area contributed by atoms with Gasteiger partial charge in [0.2, 0.25) is 0 Å². The lowest BCUT2D eigenvalue weighted by atomic mass is 10.4. The molecule has 0 aromatic heterocycles. The highest BCUT2D eigenvalue weighted by atomic mass is 32.2. The smallest absolute Gasteiger partial charge is 0.331 e. The van der Waals surface area contributed by atoms with Crippen LogP contribution in [0.15, 0.2) is 12.2 Å². The van der Waals surface area contributed by atoms with Crippen LogP contribution < -0.4 is 0 Å². The lowest BCUT2D eigenvalue weighted by molar-refractivity contribution is -0.140. The fourth-order valence-electron chi connectivity index (χ4n) is 0.803. The maximum absolute atomic E-state index is 11.1. The van der Waals surface area contributed by atoms with Crippen LogP contribution in [0.5, 0.6) is 0 Å². The van der Waals surface area contributed by atoms with E-state index in [-0.39, 0.29) is 0 Å². The van der Waals surface area contributed by atoms with Crippen molar-refractivity contribution in [1.29, 1.82) is 0 Å². The molecular formula is C10H16O10S2. The Balaban J connectivity index is 4.26. The first-order valence-corrected chi connectivity index (χ1v) is 8.79. The molecule has 128 valence electrons. The Morgan fingerprint density at radius 2 is 1.14 bits per heavy atom. The number of hydrogen-bond donors (Lipinski definition) is 2. The van der Waals surface area contributed by atoms with Gasteiger partial charge < -0.3 is 9.47 Å². The third-order valence-electron chi connectivity index (χ3n) is 2.29. The predicted octanol–water partition coefficient (Wildman–Crippen LogP) is -0.818. The third kappa shape index (κ3) is 8.71. The van der Waals surface area contributed by atoms with Gasteiger partial charge in [-0.1, -0.05) is 0 Å². The second-order valence-corrected chi connectivity index (χ2v) is 7.91. The van der Waals surface area contributed by atoms with Crippen molar-refractivity contribution in [3.8, 4) is 0 Å². The molecule has 0 aromatic carbocycles. The largest absolute Gasteiger partial charge is 0.461 e.